The Hall–Kier alpha value is -2.99. The summed E-state index contributed by atoms with van der Waals surface area (Å²) >= 11 is 0. The standard InChI is InChI=1S/C28H37NO5/c1-5-7-16-29(17-8-6-2)18-11-19-33-28-26(30)22-12-9-10-13-23(22)34-27(28)21-14-15-24(31-3)25(20-21)32-4/h9-10,12-15,20H,5-8,11,16-19H2,1-4H3. The van der Waals surface area contributed by atoms with E-state index in [2.05, 4.69) is 18.7 Å². The first kappa shape index (κ1) is 25.6. The van der Waals surface area contributed by atoms with Crippen LogP contribution < -0.4 is 19.6 Å². The van der Waals surface area contributed by atoms with Crippen molar-refractivity contribution in [1.82, 2.24) is 4.90 Å². The van der Waals surface area contributed by atoms with Gasteiger partial charge in [0.2, 0.25) is 11.2 Å². The van der Waals surface area contributed by atoms with Gasteiger partial charge in [-0.15, -0.1) is 0 Å². The molecule has 0 fully saturated rings. The lowest BCUT2D eigenvalue weighted by atomic mass is 10.1. The van der Waals surface area contributed by atoms with Gasteiger partial charge in [-0.05, 0) is 62.7 Å². The number of para-hydroxylation sites is 1. The van der Waals surface area contributed by atoms with Gasteiger partial charge in [0.25, 0.3) is 0 Å². The van der Waals surface area contributed by atoms with Crippen molar-refractivity contribution in [3.63, 3.8) is 0 Å². The summed E-state index contributed by atoms with van der Waals surface area (Å²) in [5.74, 6) is 1.80. The molecule has 34 heavy (non-hydrogen) atoms. The fourth-order valence-corrected chi connectivity index (χ4v) is 3.98. The third-order valence-electron chi connectivity index (χ3n) is 5.92. The number of ether oxygens (including phenoxy) is 3. The molecule has 2 aromatic carbocycles. The zero-order valence-corrected chi connectivity index (χ0v) is 20.9. The highest BCUT2D eigenvalue weighted by Crippen LogP contribution is 2.36. The van der Waals surface area contributed by atoms with Gasteiger partial charge in [-0.2, -0.15) is 0 Å². The first-order valence-electron chi connectivity index (χ1n) is 12.3. The van der Waals surface area contributed by atoms with E-state index in [1.807, 2.05) is 18.2 Å². The van der Waals surface area contributed by atoms with Crippen molar-refractivity contribution in [2.75, 3.05) is 40.5 Å². The zero-order chi connectivity index (χ0) is 24.3. The van der Waals surface area contributed by atoms with Crippen LogP contribution in [0.15, 0.2) is 51.7 Å². The summed E-state index contributed by atoms with van der Waals surface area (Å²) in [7, 11) is 3.17. The molecule has 184 valence electrons. The molecular weight excluding hydrogens is 430 g/mol. The van der Waals surface area contributed by atoms with Gasteiger partial charge in [-0.3, -0.25) is 4.79 Å². The minimum atomic E-state index is -0.166. The summed E-state index contributed by atoms with van der Waals surface area (Å²) in [5, 5.41) is 0.509. The van der Waals surface area contributed by atoms with E-state index in [-0.39, 0.29) is 11.2 Å². The molecule has 0 bridgehead atoms. The Bertz CT molecular complexity index is 1100. The second kappa shape index (κ2) is 13.0. The Morgan fingerprint density at radius 3 is 2.21 bits per heavy atom. The lowest BCUT2D eigenvalue weighted by Gasteiger charge is -2.22. The number of methoxy groups -OCH3 is 2. The molecule has 6 heteroatoms. The maximum absolute atomic E-state index is 13.4. The van der Waals surface area contributed by atoms with Crippen LogP contribution in [0.25, 0.3) is 22.3 Å². The van der Waals surface area contributed by atoms with Crippen LogP contribution >= 0.6 is 0 Å². The lowest BCUT2D eigenvalue weighted by Crippen LogP contribution is -2.28. The third-order valence-corrected chi connectivity index (χ3v) is 5.92. The summed E-state index contributed by atoms with van der Waals surface area (Å²) in [6.07, 6.45) is 5.60. The number of hydrogen-bond acceptors (Lipinski definition) is 6. The van der Waals surface area contributed by atoms with Gasteiger partial charge in [0, 0.05) is 12.1 Å². The first-order valence-corrected chi connectivity index (χ1v) is 12.3. The maximum atomic E-state index is 13.4. The van der Waals surface area contributed by atoms with Crippen LogP contribution in [-0.2, 0) is 0 Å². The van der Waals surface area contributed by atoms with E-state index in [0.717, 1.165) is 26.1 Å². The Morgan fingerprint density at radius 2 is 1.53 bits per heavy atom. The summed E-state index contributed by atoms with van der Waals surface area (Å²) < 4.78 is 23.1. The van der Waals surface area contributed by atoms with Crippen molar-refractivity contribution in [2.24, 2.45) is 0 Å². The van der Waals surface area contributed by atoms with E-state index in [1.54, 1.807) is 38.5 Å². The molecule has 0 saturated heterocycles. The summed E-state index contributed by atoms with van der Waals surface area (Å²) in [5.41, 5.74) is 1.05. The smallest absolute Gasteiger partial charge is 0.235 e. The molecule has 0 unspecified atom stereocenters. The molecule has 0 spiro atoms. The molecule has 0 N–H and O–H groups in total. The first-order chi connectivity index (χ1) is 16.6. The number of fused-ring (bicyclic) bond motifs is 1. The minimum Gasteiger partial charge on any atom is -0.493 e. The second-order valence-corrected chi connectivity index (χ2v) is 8.41. The van der Waals surface area contributed by atoms with Crippen LogP contribution in [0, 0.1) is 0 Å². The molecule has 0 aliphatic heterocycles. The summed E-state index contributed by atoms with van der Waals surface area (Å²) in [6.45, 7) is 8.03. The Labute approximate surface area is 202 Å². The monoisotopic (exact) mass is 467 g/mol. The zero-order valence-electron chi connectivity index (χ0n) is 20.9. The number of rotatable bonds is 14. The van der Waals surface area contributed by atoms with Crippen molar-refractivity contribution in [1.29, 1.82) is 0 Å². The van der Waals surface area contributed by atoms with E-state index in [9.17, 15) is 4.79 Å². The molecule has 0 aliphatic rings. The predicted molar refractivity (Wildman–Crippen MR) is 137 cm³/mol. The van der Waals surface area contributed by atoms with Crippen LogP contribution in [0.4, 0.5) is 0 Å². The number of hydrogen-bond donors (Lipinski definition) is 0. The molecule has 1 heterocycles. The SMILES string of the molecule is CCCCN(CCCC)CCCOc1c(-c2ccc(OC)c(OC)c2)oc2ccccc2c1=O. The Balaban J connectivity index is 1.86. The third kappa shape index (κ3) is 6.32. The molecule has 0 atom stereocenters. The van der Waals surface area contributed by atoms with Crippen LogP contribution in [-0.4, -0.2) is 45.4 Å². The van der Waals surface area contributed by atoms with Gasteiger partial charge in [-0.25, -0.2) is 0 Å². The topological polar surface area (TPSA) is 61.1 Å². The highest BCUT2D eigenvalue weighted by atomic mass is 16.5. The molecule has 0 amide bonds. The molecule has 3 aromatic rings. The second-order valence-electron chi connectivity index (χ2n) is 8.41. The predicted octanol–water partition coefficient (Wildman–Crippen LogP) is 6.15. The number of benzene rings is 2. The molecule has 6 nitrogen and oxygen atoms in total. The highest BCUT2D eigenvalue weighted by molar-refractivity contribution is 5.82. The molecule has 0 aliphatic carbocycles. The fourth-order valence-electron chi connectivity index (χ4n) is 3.98. The van der Waals surface area contributed by atoms with E-state index < -0.39 is 0 Å². The highest BCUT2D eigenvalue weighted by Gasteiger charge is 2.19. The van der Waals surface area contributed by atoms with Crippen LogP contribution in [0.2, 0.25) is 0 Å². The van der Waals surface area contributed by atoms with Crippen molar-refractivity contribution in [3.8, 4) is 28.6 Å². The quantitative estimate of drug-likeness (QED) is 0.265. The van der Waals surface area contributed by atoms with E-state index in [1.165, 1.54) is 25.7 Å². The van der Waals surface area contributed by atoms with Crippen molar-refractivity contribution >= 4 is 11.0 Å². The average molecular weight is 468 g/mol. The molecule has 1 aromatic heterocycles. The van der Waals surface area contributed by atoms with Gasteiger partial charge in [0.1, 0.15) is 5.58 Å². The minimum absolute atomic E-state index is 0.166. The van der Waals surface area contributed by atoms with Crippen LogP contribution in [0.1, 0.15) is 46.0 Å². The molecule has 3 rings (SSSR count). The number of unbranched alkanes of at least 4 members (excludes halogenated alkanes) is 2. The van der Waals surface area contributed by atoms with Gasteiger partial charge >= 0.3 is 0 Å². The van der Waals surface area contributed by atoms with E-state index in [0.29, 0.717) is 40.4 Å². The molecule has 0 saturated carbocycles. The lowest BCUT2D eigenvalue weighted by molar-refractivity contribution is 0.227. The Morgan fingerprint density at radius 1 is 0.853 bits per heavy atom. The largest absolute Gasteiger partial charge is 0.493 e. The molecule has 0 radical (unpaired) electrons. The Kier molecular flexibility index (Phi) is 9.83. The fraction of sp³-hybridized carbons (Fsp3) is 0.464. The van der Waals surface area contributed by atoms with Crippen molar-refractivity contribution < 1.29 is 18.6 Å². The van der Waals surface area contributed by atoms with Crippen LogP contribution in [0.5, 0.6) is 17.2 Å². The average Bonchev–Trinajstić information content (AvgIpc) is 2.88. The van der Waals surface area contributed by atoms with Gasteiger partial charge in [0.15, 0.2) is 17.3 Å². The number of nitrogens with zero attached hydrogens (tertiary/aromatic N) is 1. The van der Waals surface area contributed by atoms with E-state index in [4.69, 9.17) is 18.6 Å². The van der Waals surface area contributed by atoms with Crippen molar-refractivity contribution in [2.45, 2.75) is 46.0 Å². The summed E-state index contributed by atoms with van der Waals surface area (Å²) in [6, 6.07) is 12.7. The molecular formula is C28H37NO5. The summed E-state index contributed by atoms with van der Waals surface area (Å²) in [4.78, 5) is 15.9. The van der Waals surface area contributed by atoms with Crippen LogP contribution in [0.3, 0.4) is 0 Å². The van der Waals surface area contributed by atoms with Gasteiger partial charge in [-0.1, -0.05) is 38.8 Å². The normalized spacial score (nSPS) is 11.2. The van der Waals surface area contributed by atoms with Crippen molar-refractivity contribution in [3.05, 3.63) is 52.7 Å². The van der Waals surface area contributed by atoms with Gasteiger partial charge < -0.3 is 23.5 Å². The maximum Gasteiger partial charge on any atom is 0.235 e. The van der Waals surface area contributed by atoms with E-state index >= 15 is 0 Å². The van der Waals surface area contributed by atoms with Gasteiger partial charge in [0.05, 0.1) is 26.2 Å².